The summed E-state index contributed by atoms with van der Waals surface area (Å²) in [5.74, 6) is -17.4. The van der Waals surface area contributed by atoms with Crippen LogP contribution in [0.25, 0.3) is 0 Å². The molecule has 0 bridgehead atoms. The maximum atomic E-state index is 14.7. The van der Waals surface area contributed by atoms with E-state index in [-0.39, 0.29) is 23.8 Å². The third kappa shape index (κ3) is 13.5. The average Bonchev–Trinajstić information content (AvgIpc) is 3.09. The van der Waals surface area contributed by atoms with Gasteiger partial charge in [-0.15, -0.1) is 0 Å². The zero-order valence-corrected chi connectivity index (χ0v) is 29.7. The van der Waals surface area contributed by atoms with Gasteiger partial charge in [0.15, 0.2) is 0 Å². The number of nitrogens with one attached hydrogen (secondary N) is 1. The van der Waals surface area contributed by atoms with Crippen molar-refractivity contribution in [1.29, 1.82) is 0 Å². The van der Waals surface area contributed by atoms with Crippen molar-refractivity contribution < 1.29 is 53.9 Å². The number of carbonyl (C=O) groups is 1. The lowest BCUT2D eigenvalue weighted by Crippen LogP contribution is -2.40. The van der Waals surface area contributed by atoms with E-state index in [1.54, 1.807) is 6.07 Å². The number of halogens is 7. The smallest absolute Gasteiger partial charge is 0.464 e. The molecule has 0 unspecified atom stereocenters. The monoisotopic (exact) mass is 747 g/mol. The highest BCUT2D eigenvalue weighted by atomic mass is 31.2. The van der Waals surface area contributed by atoms with E-state index in [9.17, 15) is 40.1 Å². The zero-order valence-electron chi connectivity index (χ0n) is 28.8. The molecule has 0 fully saturated rings. The third-order valence-electron chi connectivity index (χ3n) is 8.20. The van der Waals surface area contributed by atoms with Crippen LogP contribution >= 0.6 is 7.75 Å². The molecule has 3 aromatic carbocycles. The fourth-order valence-corrected chi connectivity index (χ4v) is 7.02. The van der Waals surface area contributed by atoms with Crippen LogP contribution in [-0.4, -0.2) is 18.6 Å². The molecule has 6 nitrogen and oxygen atoms in total. The number of ether oxygens (including phenoxy) is 1. The molecule has 1 N–H and O–H groups in total. The lowest BCUT2D eigenvalue weighted by atomic mass is 9.95. The minimum Gasteiger partial charge on any atom is -0.464 e. The molecule has 0 aliphatic carbocycles. The molecule has 2 atom stereocenters. The highest BCUT2D eigenvalue weighted by Gasteiger charge is 2.40. The average molecular weight is 748 g/mol. The lowest BCUT2D eigenvalue weighted by molar-refractivity contribution is -0.147. The van der Waals surface area contributed by atoms with Crippen molar-refractivity contribution in [2.45, 2.75) is 103 Å². The lowest BCUT2D eigenvalue weighted by Gasteiger charge is -2.26. The van der Waals surface area contributed by atoms with E-state index in [1.165, 1.54) is 24.3 Å². The molecule has 0 saturated heterocycles. The predicted molar refractivity (Wildman–Crippen MR) is 180 cm³/mol. The van der Waals surface area contributed by atoms with Crippen molar-refractivity contribution in [3.05, 3.63) is 94.8 Å². The van der Waals surface area contributed by atoms with Gasteiger partial charge in [0, 0.05) is 6.07 Å². The van der Waals surface area contributed by atoms with Crippen LogP contribution in [0, 0.1) is 46.6 Å². The van der Waals surface area contributed by atoms with Crippen LogP contribution in [0.2, 0.25) is 0 Å². The molecule has 0 spiro atoms. The van der Waals surface area contributed by atoms with E-state index in [4.69, 9.17) is 13.8 Å². The van der Waals surface area contributed by atoms with Crippen LogP contribution in [-0.2, 0) is 20.5 Å². The van der Waals surface area contributed by atoms with Crippen LogP contribution in [0.4, 0.5) is 30.7 Å². The van der Waals surface area contributed by atoms with Gasteiger partial charge in [0.2, 0.25) is 34.8 Å². The molecule has 51 heavy (non-hydrogen) atoms. The SMILES string of the molecule is CCCCCCCC(CCCCCCC)COC(=O)[C@H](Cc1cc(F)cc(F)c1)N[P@](=O)(Oc1ccccc1)Oc1c(F)c(F)c(F)c(F)c1F. The van der Waals surface area contributed by atoms with Crippen molar-refractivity contribution in [3.8, 4) is 11.5 Å². The molecule has 3 aromatic rings. The molecular formula is C37H45F7NO5P. The summed E-state index contributed by atoms with van der Waals surface area (Å²) in [5.41, 5.74) is -0.118. The summed E-state index contributed by atoms with van der Waals surface area (Å²) in [6, 6.07) is 7.45. The van der Waals surface area contributed by atoms with Crippen LogP contribution in [0.3, 0.4) is 0 Å². The molecule has 14 heteroatoms. The van der Waals surface area contributed by atoms with Crippen LogP contribution in [0.15, 0.2) is 48.5 Å². The van der Waals surface area contributed by atoms with E-state index >= 15 is 0 Å². The maximum absolute atomic E-state index is 14.7. The second-order valence-electron chi connectivity index (χ2n) is 12.5. The minimum atomic E-state index is -5.32. The summed E-state index contributed by atoms with van der Waals surface area (Å²) in [5, 5.41) is 2.20. The van der Waals surface area contributed by atoms with E-state index in [0.29, 0.717) is 6.07 Å². The van der Waals surface area contributed by atoms with Gasteiger partial charge in [-0.2, -0.15) is 13.9 Å². The van der Waals surface area contributed by atoms with Crippen LogP contribution < -0.4 is 14.1 Å². The Morgan fingerprint density at radius 1 is 0.686 bits per heavy atom. The number of hydrogen-bond donors (Lipinski definition) is 1. The van der Waals surface area contributed by atoms with Gasteiger partial charge >= 0.3 is 13.7 Å². The van der Waals surface area contributed by atoms with Gasteiger partial charge in [0.25, 0.3) is 0 Å². The van der Waals surface area contributed by atoms with Crippen LogP contribution in [0.1, 0.15) is 96.5 Å². The number of hydrogen-bond acceptors (Lipinski definition) is 5. The quantitative estimate of drug-likeness (QED) is 0.0260. The number of para-hydroxylation sites is 1. The van der Waals surface area contributed by atoms with Crippen molar-refractivity contribution in [1.82, 2.24) is 5.09 Å². The summed E-state index contributed by atoms with van der Waals surface area (Å²) < 4.78 is 130. The molecule has 0 aliphatic heterocycles. The van der Waals surface area contributed by atoms with E-state index < -0.39 is 72.6 Å². The largest absolute Gasteiger partial charge is 0.513 e. The Morgan fingerprint density at radius 3 is 1.73 bits per heavy atom. The number of esters is 1. The molecule has 0 aliphatic rings. The van der Waals surface area contributed by atoms with Gasteiger partial charge in [-0.1, -0.05) is 96.3 Å². The molecule has 0 radical (unpaired) electrons. The topological polar surface area (TPSA) is 73.9 Å². The molecule has 282 valence electrons. The highest BCUT2D eigenvalue weighted by molar-refractivity contribution is 7.52. The van der Waals surface area contributed by atoms with Gasteiger partial charge in [-0.25, -0.2) is 26.5 Å². The van der Waals surface area contributed by atoms with Gasteiger partial charge in [-0.05, 0) is 55.0 Å². The number of rotatable bonds is 23. The first-order valence-corrected chi connectivity index (χ1v) is 18.9. The summed E-state index contributed by atoms with van der Waals surface area (Å²) >= 11 is 0. The second-order valence-corrected chi connectivity index (χ2v) is 14.1. The predicted octanol–water partition coefficient (Wildman–Crippen LogP) is 11.3. The normalized spacial score (nSPS) is 13.2. The number of benzene rings is 3. The summed E-state index contributed by atoms with van der Waals surface area (Å²) in [6.07, 6.45) is 11.2. The first kappa shape index (κ1) is 41.8. The molecule has 3 rings (SSSR count). The van der Waals surface area contributed by atoms with Gasteiger partial charge in [0.05, 0.1) is 6.61 Å². The second kappa shape index (κ2) is 21.1. The Bertz CT molecular complexity index is 1530. The Hall–Kier alpha value is -3.57. The molecule has 0 saturated carbocycles. The van der Waals surface area contributed by atoms with Gasteiger partial charge in [-0.3, -0.25) is 4.79 Å². The summed E-state index contributed by atoms with van der Waals surface area (Å²) in [7, 11) is -5.32. The Labute approximate surface area is 294 Å². The van der Waals surface area contributed by atoms with Crippen molar-refractivity contribution in [2.75, 3.05) is 6.61 Å². The summed E-state index contributed by atoms with van der Waals surface area (Å²) in [4.78, 5) is 13.7. The fourth-order valence-electron chi connectivity index (χ4n) is 5.50. The van der Waals surface area contributed by atoms with Gasteiger partial charge in [0.1, 0.15) is 23.4 Å². The number of unbranched alkanes of at least 4 members (excludes halogenated alkanes) is 8. The Morgan fingerprint density at radius 2 is 1.20 bits per heavy atom. The van der Waals surface area contributed by atoms with Gasteiger partial charge < -0.3 is 13.8 Å². The summed E-state index contributed by atoms with van der Waals surface area (Å²) in [6.45, 7) is 4.16. The minimum absolute atomic E-state index is 0.0403. The molecule has 0 heterocycles. The highest BCUT2D eigenvalue weighted by Crippen LogP contribution is 2.48. The van der Waals surface area contributed by atoms with E-state index in [1.807, 2.05) is 0 Å². The molecule has 0 aromatic heterocycles. The van der Waals surface area contributed by atoms with Crippen LogP contribution in [0.5, 0.6) is 11.5 Å². The first-order valence-electron chi connectivity index (χ1n) is 17.3. The Kier molecular flexibility index (Phi) is 17.3. The van der Waals surface area contributed by atoms with E-state index in [2.05, 4.69) is 18.9 Å². The first-order chi connectivity index (χ1) is 24.4. The molecule has 0 amide bonds. The third-order valence-corrected chi connectivity index (χ3v) is 9.71. The molecular weight excluding hydrogens is 702 g/mol. The van der Waals surface area contributed by atoms with Crippen molar-refractivity contribution in [2.24, 2.45) is 5.92 Å². The standard InChI is InChI=1S/C37H45F7NO5P/c1-3-5-7-9-12-16-25(17-13-10-8-6-4-2)24-48-37(46)30(22-26-20-27(38)23-28(39)21-26)45-51(47,49-29-18-14-11-15-19-29)50-36-34(43)32(41)31(40)33(42)35(36)44/h11,14-15,18-21,23,25,30H,3-10,12-13,16-17,22,24H2,1-2H3,(H,45,47)/t30-,51-/m0/s1. The van der Waals surface area contributed by atoms with Crippen molar-refractivity contribution >= 4 is 13.7 Å². The Balaban J connectivity index is 1.94. The fraction of sp³-hybridized carbons (Fsp3) is 0.486. The van der Waals surface area contributed by atoms with Crippen molar-refractivity contribution in [3.63, 3.8) is 0 Å². The van der Waals surface area contributed by atoms with E-state index in [0.717, 1.165) is 89.2 Å². The number of carbonyl (C=O) groups excluding carboxylic acids is 1. The zero-order chi connectivity index (χ0) is 37.4. The maximum Gasteiger partial charge on any atom is 0.513 e.